The van der Waals surface area contributed by atoms with Gasteiger partial charge in [-0.2, -0.15) is 0 Å². The van der Waals surface area contributed by atoms with Crippen LogP contribution >= 0.6 is 11.8 Å². The number of nitrogens with one attached hydrogen (secondary N) is 1. The highest BCUT2D eigenvalue weighted by Crippen LogP contribution is 2.16. The van der Waals surface area contributed by atoms with Crippen molar-refractivity contribution in [3.63, 3.8) is 0 Å². The molecule has 1 N–H and O–H groups in total. The van der Waals surface area contributed by atoms with Crippen LogP contribution in [0.1, 0.15) is 10.4 Å². The number of carbonyl (C=O) groups excluding carboxylic acids is 2. The SMILES string of the molecule is CSc1ccc(C(=O)N2CCN(CC(=O)Nc3ccccc3)CC2)cc1. The van der Waals surface area contributed by atoms with Crippen molar-refractivity contribution >= 4 is 29.3 Å². The van der Waals surface area contributed by atoms with E-state index in [4.69, 9.17) is 0 Å². The summed E-state index contributed by atoms with van der Waals surface area (Å²) in [5.74, 6) is 0.0367. The Bertz CT molecular complexity index is 741. The summed E-state index contributed by atoms with van der Waals surface area (Å²) >= 11 is 1.66. The number of hydrogen-bond acceptors (Lipinski definition) is 4. The second-order valence-electron chi connectivity index (χ2n) is 6.21. The van der Waals surface area contributed by atoms with E-state index in [0.29, 0.717) is 32.7 Å². The van der Waals surface area contributed by atoms with Gasteiger partial charge in [0.15, 0.2) is 0 Å². The largest absolute Gasteiger partial charge is 0.336 e. The van der Waals surface area contributed by atoms with Crippen molar-refractivity contribution in [1.29, 1.82) is 0 Å². The van der Waals surface area contributed by atoms with E-state index in [-0.39, 0.29) is 11.8 Å². The zero-order chi connectivity index (χ0) is 18.4. The Morgan fingerprint density at radius 1 is 0.962 bits per heavy atom. The Morgan fingerprint density at radius 2 is 1.62 bits per heavy atom. The smallest absolute Gasteiger partial charge is 0.253 e. The Labute approximate surface area is 158 Å². The molecular formula is C20H23N3O2S. The van der Waals surface area contributed by atoms with E-state index in [0.717, 1.165) is 16.1 Å². The summed E-state index contributed by atoms with van der Waals surface area (Å²) in [7, 11) is 0. The molecule has 136 valence electrons. The molecule has 1 saturated heterocycles. The number of thioether (sulfide) groups is 1. The molecule has 1 fully saturated rings. The second kappa shape index (κ2) is 8.87. The van der Waals surface area contributed by atoms with Crippen LogP contribution in [0.5, 0.6) is 0 Å². The summed E-state index contributed by atoms with van der Waals surface area (Å²) in [6.07, 6.45) is 2.02. The molecule has 0 saturated carbocycles. The predicted molar refractivity (Wildman–Crippen MR) is 106 cm³/mol. The molecule has 0 atom stereocenters. The molecule has 0 radical (unpaired) electrons. The van der Waals surface area contributed by atoms with Crippen LogP contribution in [0, 0.1) is 0 Å². The highest BCUT2D eigenvalue weighted by Gasteiger charge is 2.23. The Balaban J connectivity index is 1.47. The third-order valence-corrected chi connectivity index (χ3v) is 5.16. The maximum Gasteiger partial charge on any atom is 0.253 e. The molecule has 0 spiro atoms. The van der Waals surface area contributed by atoms with Crippen LogP contribution in [0.4, 0.5) is 5.69 Å². The van der Waals surface area contributed by atoms with E-state index in [2.05, 4.69) is 10.2 Å². The van der Waals surface area contributed by atoms with Gasteiger partial charge in [0.1, 0.15) is 0 Å². The lowest BCUT2D eigenvalue weighted by molar-refractivity contribution is -0.117. The van der Waals surface area contributed by atoms with Crippen molar-refractivity contribution in [2.45, 2.75) is 4.90 Å². The van der Waals surface area contributed by atoms with E-state index >= 15 is 0 Å². The summed E-state index contributed by atoms with van der Waals surface area (Å²) < 4.78 is 0. The van der Waals surface area contributed by atoms with Crippen LogP contribution in [0.15, 0.2) is 59.5 Å². The highest BCUT2D eigenvalue weighted by atomic mass is 32.2. The Hall–Kier alpha value is -2.31. The van der Waals surface area contributed by atoms with Gasteiger partial charge in [0.05, 0.1) is 6.54 Å². The normalized spacial score (nSPS) is 14.9. The number of para-hydroxylation sites is 1. The molecule has 1 heterocycles. The van der Waals surface area contributed by atoms with E-state index in [9.17, 15) is 9.59 Å². The van der Waals surface area contributed by atoms with E-state index < -0.39 is 0 Å². The fourth-order valence-corrected chi connectivity index (χ4v) is 3.36. The van der Waals surface area contributed by atoms with Crippen LogP contribution < -0.4 is 5.32 Å². The predicted octanol–water partition coefficient (Wildman–Crippen LogP) is 2.81. The first-order valence-corrected chi connectivity index (χ1v) is 9.89. The average Bonchev–Trinajstić information content (AvgIpc) is 2.69. The zero-order valence-electron chi connectivity index (χ0n) is 14.9. The quantitative estimate of drug-likeness (QED) is 0.824. The lowest BCUT2D eigenvalue weighted by Crippen LogP contribution is -2.50. The molecule has 0 unspecified atom stereocenters. The first kappa shape index (κ1) is 18.5. The molecule has 1 aliphatic rings. The zero-order valence-corrected chi connectivity index (χ0v) is 15.7. The van der Waals surface area contributed by atoms with Crippen molar-refractivity contribution in [3.05, 3.63) is 60.2 Å². The van der Waals surface area contributed by atoms with Gasteiger partial charge in [-0.1, -0.05) is 18.2 Å². The van der Waals surface area contributed by atoms with Crippen molar-refractivity contribution in [1.82, 2.24) is 9.80 Å². The summed E-state index contributed by atoms with van der Waals surface area (Å²) in [5, 5.41) is 2.90. The van der Waals surface area contributed by atoms with Gasteiger partial charge in [0, 0.05) is 42.3 Å². The molecule has 2 aromatic carbocycles. The summed E-state index contributed by atoms with van der Waals surface area (Å²) in [6.45, 7) is 3.04. The van der Waals surface area contributed by atoms with Crippen molar-refractivity contribution < 1.29 is 9.59 Å². The molecule has 0 aromatic heterocycles. The van der Waals surface area contributed by atoms with E-state index in [1.54, 1.807) is 11.8 Å². The first-order valence-electron chi connectivity index (χ1n) is 8.66. The fraction of sp³-hybridized carbons (Fsp3) is 0.300. The van der Waals surface area contributed by atoms with Gasteiger partial charge in [0.2, 0.25) is 5.91 Å². The molecule has 26 heavy (non-hydrogen) atoms. The van der Waals surface area contributed by atoms with Crippen LogP contribution in [0.2, 0.25) is 0 Å². The number of hydrogen-bond donors (Lipinski definition) is 1. The molecule has 0 aliphatic carbocycles. The molecular weight excluding hydrogens is 346 g/mol. The van der Waals surface area contributed by atoms with Gasteiger partial charge in [-0.25, -0.2) is 0 Å². The number of anilines is 1. The summed E-state index contributed by atoms with van der Waals surface area (Å²) in [4.78, 5) is 29.8. The number of carbonyl (C=O) groups is 2. The molecule has 5 nitrogen and oxygen atoms in total. The Kier molecular flexibility index (Phi) is 6.30. The monoisotopic (exact) mass is 369 g/mol. The Morgan fingerprint density at radius 3 is 2.23 bits per heavy atom. The van der Waals surface area contributed by atoms with E-state index in [1.807, 2.05) is 65.8 Å². The first-order chi connectivity index (χ1) is 12.7. The topological polar surface area (TPSA) is 52.7 Å². The number of piperazine rings is 1. The lowest BCUT2D eigenvalue weighted by atomic mass is 10.2. The lowest BCUT2D eigenvalue weighted by Gasteiger charge is -2.34. The van der Waals surface area contributed by atoms with Gasteiger partial charge in [0.25, 0.3) is 5.91 Å². The van der Waals surface area contributed by atoms with Crippen LogP contribution in [0.3, 0.4) is 0 Å². The van der Waals surface area contributed by atoms with Crippen molar-refractivity contribution in [2.24, 2.45) is 0 Å². The van der Waals surface area contributed by atoms with Crippen molar-refractivity contribution in [3.8, 4) is 0 Å². The molecule has 3 rings (SSSR count). The maximum atomic E-state index is 12.6. The standard InChI is InChI=1S/C20H23N3O2S/c1-26-18-9-7-16(8-10-18)20(25)23-13-11-22(12-14-23)15-19(24)21-17-5-3-2-4-6-17/h2-10H,11-15H2,1H3,(H,21,24). The van der Waals surface area contributed by atoms with Gasteiger partial charge in [-0.05, 0) is 42.7 Å². The van der Waals surface area contributed by atoms with Crippen LogP contribution in [-0.2, 0) is 4.79 Å². The second-order valence-corrected chi connectivity index (χ2v) is 7.09. The molecule has 2 aromatic rings. The minimum atomic E-state index is -0.0244. The van der Waals surface area contributed by atoms with Gasteiger partial charge in [-0.15, -0.1) is 11.8 Å². The minimum Gasteiger partial charge on any atom is -0.336 e. The molecule has 0 bridgehead atoms. The molecule has 1 aliphatic heterocycles. The third-order valence-electron chi connectivity index (χ3n) is 4.42. The average molecular weight is 369 g/mol. The van der Waals surface area contributed by atoms with Gasteiger partial charge < -0.3 is 10.2 Å². The molecule has 2 amide bonds. The molecule has 6 heteroatoms. The third kappa shape index (κ3) is 4.86. The summed E-state index contributed by atoms with van der Waals surface area (Å²) in [6, 6.07) is 17.2. The minimum absolute atomic E-state index is 0.0244. The number of amides is 2. The van der Waals surface area contributed by atoms with Gasteiger partial charge in [-0.3, -0.25) is 14.5 Å². The maximum absolute atomic E-state index is 12.6. The van der Waals surface area contributed by atoms with E-state index in [1.165, 1.54) is 0 Å². The van der Waals surface area contributed by atoms with Crippen LogP contribution in [-0.4, -0.2) is 60.6 Å². The fourth-order valence-electron chi connectivity index (χ4n) is 2.95. The number of rotatable bonds is 5. The summed E-state index contributed by atoms with van der Waals surface area (Å²) in [5.41, 5.74) is 1.53. The number of nitrogens with zero attached hydrogens (tertiary/aromatic N) is 2. The number of benzene rings is 2. The van der Waals surface area contributed by atoms with Crippen LogP contribution in [0.25, 0.3) is 0 Å². The highest BCUT2D eigenvalue weighted by molar-refractivity contribution is 7.98. The van der Waals surface area contributed by atoms with Crippen molar-refractivity contribution in [2.75, 3.05) is 44.3 Å². The van der Waals surface area contributed by atoms with Gasteiger partial charge >= 0.3 is 0 Å².